The fourth-order valence-corrected chi connectivity index (χ4v) is 1.82. The molecule has 0 fully saturated rings. The first-order valence-corrected chi connectivity index (χ1v) is 4.77. The van der Waals surface area contributed by atoms with Crippen LogP contribution in [0.1, 0.15) is 23.0 Å². The molecule has 0 bridgehead atoms. The minimum absolute atomic E-state index is 0.181. The molecule has 0 unspecified atom stereocenters. The second kappa shape index (κ2) is 3.35. The summed E-state index contributed by atoms with van der Waals surface area (Å²) in [6.07, 6.45) is 0. The molecule has 1 aromatic heterocycles. The highest BCUT2D eigenvalue weighted by Crippen LogP contribution is 2.31. The number of hydrogen-bond acceptors (Lipinski definition) is 2. The summed E-state index contributed by atoms with van der Waals surface area (Å²) < 4.78 is 18.4. The highest BCUT2D eigenvalue weighted by molar-refractivity contribution is 6.35. The number of carbonyl (C=O) groups excluding carboxylic acids is 1. The maximum absolute atomic E-state index is 13.1. The summed E-state index contributed by atoms with van der Waals surface area (Å²) in [5, 5.41) is 0.728. The third-order valence-electron chi connectivity index (χ3n) is 2.28. The molecule has 0 spiro atoms. The molecule has 0 aliphatic rings. The van der Waals surface area contributed by atoms with Gasteiger partial charge in [-0.05, 0) is 19.1 Å². The van der Waals surface area contributed by atoms with Crippen LogP contribution in [0.15, 0.2) is 16.5 Å². The predicted octanol–water partition coefficient (Wildman–Crippen LogP) is 3.74. The highest BCUT2D eigenvalue weighted by Gasteiger charge is 2.16. The van der Waals surface area contributed by atoms with Crippen LogP contribution in [0.3, 0.4) is 0 Å². The lowest BCUT2D eigenvalue weighted by Gasteiger charge is -1.93. The molecule has 0 N–H and O–H groups in total. The standard InChI is InChI=1S/C11H8ClFO2/c1-5-8-3-7(13)4-9(12)11(8)15-10(5)6(2)14/h3-4H,1-2H3. The summed E-state index contributed by atoms with van der Waals surface area (Å²) in [6, 6.07) is 2.48. The van der Waals surface area contributed by atoms with Gasteiger partial charge >= 0.3 is 0 Å². The van der Waals surface area contributed by atoms with Crippen molar-refractivity contribution in [1.29, 1.82) is 0 Å². The van der Waals surface area contributed by atoms with Crippen LogP contribution in [0, 0.1) is 12.7 Å². The molecule has 15 heavy (non-hydrogen) atoms. The van der Waals surface area contributed by atoms with E-state index in [-0.39, 0.29) is 16.6 Å². The third-order valence-corrected chi connectivity index (χ3v) is 2.56. The first-order chi connectivity index (χ1) is 7.00. The summed E-state index contributed by atoms with van der Waals surface area (Å²) in [4.78, 5) is 11.2. The Morgan fingerprint density at radius 1 is 1.47 bits per heavy atom. The van der Waals surface area contributed by atoms with Crippen LogP contribution >= 0.6 is 11.6 Å². The zero-order valence-electron chi connectivity index (χ0n) is 8.23. The lowest BCUT2D eigenvalue weighted by Crippen LogP contribution is -1.90. The fraction of sp³-hybridized carbons (Fsp3) is 0.182. The van der Waals surface area contributed by atoms with Gasteiger partial charge in [0.2, 0.25) is 0 Å². The van der Waals surface area contributed by atoms with E-state index in [1.165, 1.54) is 13.0 Å². The van der Waals surface area contributed by atoms with Crippen LogP contribution in [-0.2, 0) is 0 Å². The van der Waals surface area contributed by atoms with Gasteiger partial charge in [0.1, 0.15) is 5.82 Å². The van der Waals surface area contributed by atoms with Crippen LogP contribution in [0.2, 0.25) is 5.02 Å². The summed E-state index contributed by atoms with van der Waals surface area (Å²) in [5.74, 6) is -0.399. The molecule has 0 saturated carbocycles. The number of carbonyl (C=O) groups is 1. The summed E-state index contributed by atoms with van der Waals surface area (Å²) in [7, 11) is 0. The maximum atomic E-state index is 13.1. The van der Waals surface area contributed by atoms with E-state index in [1.807, 2.05) is 0 Å². The lowest BCUT2D eigenvalue weighted by molar-refractivity contribution is 0.0988. The Balaban J connectivity index is 2.88. The highest BCUT2D eigenvalue weighted by atomic mass is 35.5. The second-order valence-corrected chi connectivity index (χ2v) is 3.78. The molecular formula is C11H8ClFO2. The van der Waals surface area contributed by atoms with Gasteiger partial charge in [-0.1, -0.05) is 11.6 Å². The molecule has 0 saturated heterocycles. The number of fused-ring (bicyclic) bond motifs is 1. The number of aryl methyl sites for hydroxylation is 1. The summed E-state index contributed by atoms with van der Waals surface area (Å²) >= 11 is 5.81. The average molecular weight is 227 g/mol. The number of benzene rings is 1. The average Bonchev–Trinajstić information content (AvgIpc) is 2.44. The lowest BCUT2D eigenvalue weighted by atomic mass is 10.1. The number of ketones is 1. The molecule has 0 aliphatic heterocycles. The maximum Gasteiger partial charge on any atom is 0.195 e. The van der Waals surface area contributed by atoms with Crippen molar-refractivity contribution in [1.82, 2.24) is 0 Å². The van der Waals surface area contributed by atoms with Gasteiger partial charge < -0.3 is 4.42 Å². The van der Waals surface area contributed by atoms with E-state index in [0.29, 0.717) is 16.5 Å². The number of Topliss-reactive ketones (excluding diaryl/α,β-unsaturated/α-hetero) is 1. The zero-order chi connectivity index (χ0) is 11.2. The molecule has 1 aromatic carbocycles. The summed E-state index contributed by atoms with van der Waals surface area (Å²) in [5.41, 5.74) is 0.986. The number of halogens is 2. The van der Waals surface area contributed by atoms with Crippen LogP contribution in [-0.4, -0.2) is 5.78 Å². The predicted molar refractivity (Wildman–Crippen MR) is 55.9 cm³/mol. The minimum Gasteiger partial charge on any atom is -0.451 e. The molecule has 0 amide bonds. The monoisotopic (exact) mass is 226 g/mol. The van der Waals surface area contributed by atoms with Crippen molar-refractivity contribution in [2.45, 2.75) is 13.8 Å². The van der Waals surface area contributed by atoms with E-state index in [9.17, 15) is 9.18 Å². The number of hydrogen-bond donors (Lipinski definition) is 0. The molecule has 2 nitrogen and oxygen atoms in total. The third kappa shape index (κ3) is 1.53. The van der Waals surface area contributed by atoms with Gasteiger partial charge in [-0.2, -0.15) is 0 Å². The normalized spacial score (nSPS) is 10.9. The molecule has 0 radical (unpaired) electrons. The Bertz CT molecular complexity index is 557. The topological polar surface area (TPSA) is 30.2 Å². The Labute approximate surface area is 90.6 Å². The van der Waals surface area contributed by atoms with E-state index in [2.05, 4.69) is 0 Å². The largest absolute Gasteiger partial charge is 0.451 e. The van der Waals surface area contributed by atoms with Crippen LogP contribution in [0.5, 0.6) is 0 Å². The van der Waals surface area contributed by atoms with E-state index < -0.39 is 5.82 Å². The molecular weight excluding hydrogens is 219 g/mol. The van der Waals surface area contributed by atoms with Crippen molar-refractivity contribution < 1.29 is 13.6 Å². The van der Waals surface area contributed by atoms with E-state index in [4.69, 9.17) is 16.0 Å². The first-order valence-electron chi connectivity index (χ1n) is 4.40. The molecule has 1 heterocycles. The molecule has 78 valence electrons. The Kier molecular flexibility index (Phi) is 2.27. The van der Waals surface area contributed by atoms with Crippen molar-refractivity contribution in [3.63, 3.8) is 0 Å². The molecule has 0 atom stereocenters. The van der Waals surface area contributed by atoms with Crippen LogP contribution in [0.25, 0.3) is 11.0 Å². The zero-order valence-corrected chi connectivity index (χ0v) is 8.98. The van der Waals surface area contributed by atoms with Crippen molar-refractivity contribution in [2.75, 3.05) is 0 Å². The van der Waals surface area contributed by atoms with Gasteiger partial charge in [-0.15, -0.1) is 0 Å². The van der Waals surface area contributed by atoms with Gasteiger partial charge in [-0.3, -0.25) is 4.79 Å². The fourth-order valence-electron chi connectivity index (χ4n) is 1.58. The Morgan fingerprint density at radius 3 is 2.73 bits per heavy atom. The van der Waals surface area contributed by atoms with Crippen molar-refractivity contribution in [3.05, 3.63) is 34.3 Å². The van der Waals surface area contributed by atoms with E-state index >= 15 is 0 Å². The van der Waals surface area contributed by atoms with E-state index in [0.717, 1.165) is 6.07 Å². The minimum atomic E-state index is -0.438. The molecule has 4 heteroatoms. The Morgan fingerprint density at radius 2 is 2.13 bits per heavy atom. The van der Waals surface area contributed by atoms with Gasteiger partial charge in [0, 0.05) is 17.9 Å². The molecule has 0 aliphatic carbocycles. The molecule has 2 rings (SSSR count). The molecule has 2 aromatic rings. The summed E-state index contributed by atoms with van der Waals surface area (Å²) in [6.45, 7) is 3.10. The van der Waals surface area contributed by atoms with Gasteiger partial charge in [0.25, 0.3) is 0 Å². The number of furan rings is 1. The van der Waals surface area contributed by atoms with E-state index in [1.54, 1.807) is 6.92 Å². The van der Waals surface area contributed by atoms with Gasteiger partial charge in [0.05, 0.1) is 5.02 Å². The van der Waals surface area contributed by atoms with Crippen molar-refractivity contribution >= 4 is 28.4 Å². The first kappa shape index (κ1) is 10.2. The SMILES string of the molecule is CC(=O)c1oc2c(Cl)cc(F)cc2c1C. The van der Waals surface area contributed by atoms with Crippen molar-refractivity contribution in [3.8, 4) is 0 Å². The number of rotatable bonds is 1. The van der Waals surface area contributed by atoms with Crippen LogP contribution in [0.4, 0.5) is 4.39 Å². The van der Waals surface area contributed by atoms with Crippen LogP contribution < -0.4 is 0 Å². The smallest absolute Gasteiger partial charge is 0.195 e. The second-order valence-electron chi connectivity index (χ2n) is 3.38. The Hall–Kier alpha value is -1.35. The van der Waals surface area contributed by atoms with Gasteiger partial charge in [-0.25, -0.2) is 4.39 Å². The quantitative estimate of drug-likeness (QED) is 0.694. The van der Waals surface area contributed by atoms with Gasteiger partial charge in [0.15, 0.2) is 17.1 Å². The van der Waals surface area contributed by atoms with Crippen molar-refractivity contribution in [2.24, 2.45) is 0 Å².